The molecule has 248 valence electrons. The molecule has 1 amide bonds. The molecule has 4 heterocycles. The number of aromatic nitrogens is 3. The molecule has 0 unspecified atom stereocenters. The zero-order valence-electron chi connectivity index (χ0n) is 26.7. The highest BCUT2D eigenvalue weighted by molar-refractivity contribution is 6.06. The lowest BCUT2D eigenvalue weighted by Crippen LogP contribution is -2.45. The van der Waals surface area contributed by atoms with E-state index in [0.29, 0.717) is 52.4 Å². The van der Waals surface area contributed by atoms with Gasteiger partial charge >= 0.3 is 0 Å². The van der Waals surface area contributed by atoms with Crippen LogP contribution in [-0.4, -0.2) is 79.4 Å². The fourth-order valence-corrected chi connectivity index (χ4v) is 6.10. The Kier molecular flexibility index (Phi) is 7.95. The van der Waals surface area contributed by atoms with E-state index in [9.17, 15) is 9.59 Å². The number of pyridine rings is 1. The molecule has 2 aliphatic rings. The maximum Gasteiger partial charge on any atom is 0.261 e. The minimum absolute atomic E-state index is 0.0285. The first-order valence-corrected chi connectivity index (χ1v) is 15.3. The van der Waals surface area contributed by atoms with E-state index in [1.54, 1.807) is 16.7 Å². The molecule has 0 aliphatic carbocycles. The van der Waals surface area contributed by atoms with Crippen molar-refractivity contribution in [3.8, 4) is 28.9 Å². The Morgan fingerprint density at radius 2 is 1.71 bits per heavy atom. The summed E-state index contributed by atoms with van der Waals surface area (Å²) in [5, 5.41) is 3.08. The number of amides is 1. The average molecular weight is 659 g/mol. The normalized spacial score (nSPS) is 16.1. The van der Waals surface area contributed by atoms with Crippen molar-refractivity contribution in [2.24, 2.45) is 0 Å². The van der Waals surface area contributed by atoms with Gasteiger partial charge in [0, 0.05) is 50.2 Å². The Balaban J connectivity index is 1.18. The zero-order chi connectivity index (χ0) is 33.7. The summed E-state index contributed by atoms with van der Waals surface area (Å²) in [7, 11) is 4.99. The van der Waals surface area contributed by atoms with Gasteiger partial charge in [-0.1, -0.05) is 0 Å². The van der Waals surface area contributed by atoms with Crippen LogP contribution in [0.3, 0.4) is 0 Å². The number of likely N-dealkylation sites (N-methyl/N-ethyl adjacent to an activating group) is 1. The highest BCUT2D eigenvalue weighted by Gasteiger charge is 2.31. The van der Waals surface area contributed by atoms with Gasteiger partial charge in [-0.3, -0.25) is 9.59 Å². The van der Waals surface area contributed by atoms with Crippen molar-refractivity contribution in [1.82, 2.24) is 19.4 Å². The third-order valence-corrected chi connectivity index (χ3v) is 8.71. The molecule has 5 aromatic rings. The molecule has 2 aromatic heterocycles. The standard InChI is InChI=1S/C34H32F2N6O6/c1-18-16-47-32-29-21(12-24(36)30(32)41-9-7-40(2)8-10-41)31(43)22(15-42(18)29)33(44)39-19-5-6-26(23(35)11-19)48-34-20-13-27(45-3)28(46-4)14-25(20)37-17-38-34/h5-6,11-15,17-18H,7-10,16H2,1-4H3,(H,39,44)/t18-/m0/s1. The second kappa shape index (κ2) is 12.3. The molecular weight excluding hydrogens is 626 g/mol. The maximum absolute atomic E-state index is 15.7. The first-order valence-electron chi connectivity index (χ1n) is 15.3. The smallest absolute Gasteiger partial charge is 0.261 e. The van der Waals surface area contributed by atoms with Crippen LogP contribution in [-0.2, 0) is 0 Å². The number of piperazine rings is 1. The molecule has 2 aliphatic heterocycles. The Morgan fingerprint density at radius 3 is 2.44 bits per heavy atom. The van der Waals surface area contributed by atoms with Gasteiger partial charge in [-0.15, -0.1) is 0 Å². The molecule has 0 spiro atoms. The van der Waals surface area contributed by atoms with Crippen LogP contribution in [0.1, 0.15) is 23.3 Å². The second-order valence-corrected chi connectivity index (χ2v) is 11.8. The molecule has 0 bridgehead atoms. The van der Waals surface area contributed by atoms with E-state index >= 15 is 8.78 Å². The monoisotopic (exact) mass is 658 g/mol. The van der Waals surface area contributed by atoms with E-state index in [-0.39, 0.29) is 40.9 Å². The quantitative estimate of drug-likeness (QED) is 0.256. The lowest BCUT2D eigenvalue weighted by Gasteiger charge is -2.37. The van der Waals surface area contributed by atoms with Crippen molar-refractivity contribution in [1.29, 1.82) is 0 Å². The van der Waals surface area contributed by atoms with Crippen LogP contribution < -0.4 is 34.6 Å². The molecule has 12 nitrogen and oxygen atoms in total. The van der Waals surface area contributed by atoms with Crippen LogP contribution in [0.2, 0.25) is 0 Å². The van der Waals surface area contributed by atoms with Crippen LogP contribution in [0, 0.1) is 11.6 Å². The summed E-state index contributed by atoms with van der Waals surface area (Å²) >= 11 is 0. The predicted octanol–water partition coefficient (Wildman–Crippen LogP) is 4.99. The van der Waals surface area contributed by atoms with Crippen molar-refractivity contribution in [2.45, 2.75) is 13.0 Å². The first-order chi connectivity index (χ1) is 23.2. The molecule has 0 saturated carbocycles. The maximum atomic E-state index is 15.7. The lowest BCUT2D eigenvalue weighted by molar-refractivity contribution is 0.102. The number of carbonyl (C=O) groups excluding carboxylic acids is 1. The Hall–Kier alpha value is -5.50. The van der Waals surface area contributed by atoms with Gasteiger partial charge in [0.15, 0.2) is 34.6 Å². The molecule has 3 aromatic carbocycles. The zero-order valence-corrected chi connectivity index (χ0v) is 26.7. The van der Waals surface area contributed by atoms with Crippen LogP contribution in [0.15, 0.2) is 53.7 Å². The minimum Gasteiger partial charge on any atom is -0.493 e. The number of benzene rings is 3. The summed E-state index contributed by atoms with van der Waals surface area (Å²) in [6, 6.07) is 8.04. The van der Waals surface area contributed by atoms with Crippen molar-refractivity contribution >= 4 is 39.1 Å². The van der Waals surface area contributed by atoms with E-state index < -0.39 is 23.0 Å². The summed E-state index contributed by atoms with van der Waals surface area (Å²) in [6.45, 7) is 4.84. The molecule has 1 fully saturated rings. The third kappa shape index (κ3) is 5.37. The van der Waals surface area contributed by atoms with E-state index in [1.807, 2.05) is 18.9 Å². The summed E-state index contributed by atoms with van der Waals surface area (Å²) < 4.78 is 55.3. The fraction of sp³-hybridized carbons (Fsp3) is 0.294. The van der Waals surface area contributed by atoms with E-state index in [1.165, 1.54) is 44.9 Å². The molecule has 7 rings (SSSR count). The van der Waals surface area contributed by atoms with Crippen LogP contribution >= 0.6 is 0 Å². The number of hydrogen-bond acceptors (Lipinski definition) is 10. The number of carbonyl (C=O) groups is 1. The Bertz CT molecular complexity index is 2150. The van der Waals surface area contributed by atoms with Gasteiger partial charge in [0.05, 0.1) is 42.1 Å². The van der Waals surface area contributed by atoms with Gasteiger partial charge < -0.3 is 38.6 Å². The molecule has 0 radical (unpaired) electrons. The van der Waals surface area contributed by atoms with Crippen LogP contribution in [0.25, 0.3) is 21.8 Å². The third-order valence-electron chi connectivity index (χ3n) is 8.71. The number of hydrogen-bond donors (Lipinski definition) is 1. The number of nitrogens with one attached hydrogen (secondary N) is 1. The van der Waals surface area contributed by atoms with Crippen molar-refractivity contribution in [3.05, 3.63) is 76.3 Å². The summed E-state index contributed by atoms with van der Waals surface area (Å²) in [6.07, 6.45) is 2.74. The number of fused-ring (bicyclic) bond motifs is 1. The van der Waals surface area contributed by atoms with Gasteiger partial charge in [0.25, 0.3) is 5.91 Å². The van der Waals surface area contributed by atoms with Crippen LogP contribution in [0.4, 0.5) is 20.2 Å². The average Bonchev–Trinajstić information content (AvgIpc) is 3.08. The highest BCUT2D eigenvalue weighted by atomic mass is 19.1. The molecule has 48 heavy (non-hydrogen) atoms. The summed E-state index contributed by atoms with van der Waals surface area (Å²) in [4.78, 5) is 39.6. The lowest BCUT2D eigenvalue weighted by atomic mass is 10.0. The molecule has 14 heteroatoms. The van der Waals surface area contributed by atoms with Gasteiger partial charge in [-0.05, 0) is 38.2 Å². The fourth-order valence-electron chi connectivity index (χ4n) is 6.10. The number of methoxy groups -OCH3 is 2. The largest absolute Gasteiger partial charge is 0.493 e. The number of nitrogens with zero attached hydrogens (tertiary/aromatic N) is 5. The highest BCUT2D eigenvalue weighted by Crippen LogP contribution is 2.42. The Labute approximate surface area is 273 Å². The number of anilines is 2. The summed E-state index contributed by atoms with van der Waals surface area (Å²) in [5.74, 6) is -1.07. The topological polar surface area (TPSA) is 120 Å². The predicted molar refractivity (Wildman–Crippen MR) is 175 cm³/mol. The van der Waals surface area contributed by atoms with Crippen LogP contribution in [0.5, 0.6) is 28.9 Å². The van der Waals surface area contributed by atoms with Gasteiger partial charge in [-0.2, -0.15) is 0 Å². The molecule has 1 N–H and O–H groups in total. The van der Waals surface area contributed by atoms with E-state index in [4.69, 9.17) is 18.9 Å². The van der Waals surface area contributed by atoms with Gasteiger partial charge in [-0.25, -0.2) is 18.7 Å². The van der Waals surface area contributed by atoms with Crippen molar-refractivity contribution in [3.63, 3.8) is 0 Å². The van der Waals surface area contributed by atoms with Gasteiger partial charge in [0.1, 0.15) is 24.2 Å². The van der Waals surface area contributed by atoms with Gasteiger partial charge in [0.2, 0.25) is 11.3 Å². The number of ether oxygens (including phenoxy) is 4. The Morgan fingerprint density at radius 1 is 0.958 bits per heavy atom. The first kappa shape index (κ1) is 31.1. The number of rotatable bonds is 7. The minimum atomic E-state index is -0.792. The van der Waals surface area contributed by atoms with E-state index in [2.05, 4.69) is 20.2 Å². The van der Waals surface area contributed by atoms with Crippen molar-refractivity contribution < 1.29 is 32.5 Å². The van der Waals surface area contributed by atoms with E-state index in [0.717, 1.165) is 19.2 Å². The molecular formula is C34H32F2N6O6. The molecule has 1 atom stereocenters. The second-order valence-electron chi connectivity index (χ2n) is 11.8. The number of halogens is 2. The van der Waals surface area contributed by atoms with Crippen molar-refractivity contribution in [2.75, 3.05) is 64.3 Å². The SMILES string of the molecule is COc1cc2ncnc(Oc3ccc(NC(=O)c4cn5c6c(c(N7CCN(C)CC7)c(F)cc6c4=O)OC[C@@H]5C)cc3F)c2cc1OC. The molecule has 1 saturated heterocycles. The summed E-state index contributed by atoms with van der Waals surface area (Å²) in [5.41, 5.74) is 0.448.